The molecule has 1 amide bonds. The van der Waals surface area contributed by atoms with Crippen LogP contribution in [0.2, 0.25) is 0 Å². The lowest BCUT2D eigenvalue weighted by molar-refractivity contribution is -0.122. The summed E-state index contributed by atoms with van der Waals surface area (Å²) in [6.07, 6.45) is 2.06. The maximum atomic E-state index is 13.0. The van der Waals surface area contributed by atoms with E-state index in [1.807, 2.05) is 51.1 Å². The summed E-state index contributed by atoms with van der Waals surface area (Å²) in [5.74, 6) is 0.934. The standard InChI is InChI=1S/C23H32N2O5S/c1-7-19(25(31(6,27)28)20-14-16(2)8-9-17(20)3)23(26)24-13-12-18-10-11-21(29-4)22(15-18)30-5/h8-11,14-15,19H,7,12-13H2,1-6H3,(H,24,26)/t19-/m1/s1. The molecule has 0 aromatic heterocycles. The Morgan fingerprint density at radius 3 is 2.32 bits per heavy atom. The molecule has 2 aromatic rings. The van der Waals surface area contributed by atoms with Crippen LogP contribution in [-0.2, 0) is 21.2 Å². The molecule has 31 heavy (non-hydrogen) atoms. The highest BCUT2D eigenvalue weighted by Crippen LogP contribution is 2.28. The summed E-state index contributed by atoms with van der Waals surface area (Å²) in [6, 6.07) is 10.3. The van der Waals surface area contributed by atoms with Crippen LogP contribution in [0, 0.1) is 13.8 Å². The molecule has 0 spiro atoms. The summed E-state index contributed by atoms with van der Waals surface area (Å²) in [5, 5.41) is 2.89. The Morgan fingerprint density at radius 1 is 1.06 bits per heavy atom. The van der Waals surface area contributed by atoms with Crippen LogP contribution in [-0.4, -0.2) is 47.4 Å². The average molecular weight is 449 g/mol. The molecule has 0 aliphatic heterocycles. The van der Waals surface area contributed by atoms with E-state index in [2.05, 4.69) is 5.32 Å². The van der Waals surface area contributed by atoms with E-state index >= 15 is 0 Å². The lowest BCUT2D eigenvalue weighted by Gasteiger charge is -2.31. The van der Waals surface area contributed by atoms with E-state index in [4.69, 9.17) is 9.47 Å². The van der Waals surface area contributed by atoms with E-state index in [1.165, 1.54) is 4.31 Å². The van der Waals surface area contributed by atoms with Crippen molar-refractivity contribution in [2.45, 2.75) is 39.7 Å². The second-order valence-electron chi connectivity index (χ2n) is 7.50. The number of anilines is 1. The van der Waals surface area contributed by atoms with Gasteiger partial charge in [-0.3, -0.25) is 9.10 Å². The number of aryl methyl sites for hydroxylation is 2. The summed E-state index contributed by atoms with van der Waals surface area (Å²) in [4.78, 5) is 13.0. The number of methoxy groups -OCH3 is 2. The number of rotatable bonds is 10. The number of hydrogen-bond acceptors (Lipinski definition) is 5. The van der Waals surface area contributed by atoms with Crippen molar-refractivity contribution in [3.05, 3.63) is 53.1 Å². The molecule has 1 N–H and O–H groups in total. The zero-order valence-electron chi connectivity index (χ0n) is 19.1. The molecule has 170 valence electrons. The normalized spacial score (nSPS) is 12.2. The first kappa shape index (κ1) is 24.5. The van der Waals surface area contributed by atoms with Gasteiger partial charge in [0.15, 0.2) is 11.5 Å². The van der Waals surface area contributed by atoms with Crippen LogP contribution >= 0.6 is 0 Å². The molecule has 0 fully saturated rings. The lowest BCUT2D eigenvalue weighted by Crippen LogP contribution is -2.49. The molecule has 0 aliphatic carbocycles. The third-order valence-electron chi connectivity index (χ3n) is 5.09. The van der Waals surface area contributed by atoms with Gasteiger partial charge in [-0.25, -0.2) is 8.42 Å². The number of nitrogens with one attached hydrogen (secondary N) is 1. The highest BCUT2D eigenvalue weighted by Gasteiger charge is 2.32. The molecule has 0 aliphatic rings. The Kier molecular flexibility index (Phi) is 8.33. The van der Waals surface area contributed by atoms with Gasteiger partial charge in [-0.15, -0.1) is 0 Å². The molecule has 0 saturated heterocycles. The Hall–Kier alpha value is -2.74. The van der Waals surface area contributed by atoms with E-state index in [0.717, 1.165) is 22.9 Å². The third kappa shape index (κ3) is 6.13. The number of ether oxygens (including phenoxy) is 2. The number of carbonyl (C=O) groups is 1. The van der Waals surface area contributed by atoms with E-state index in [0.29, 0.717) is 36.6 Å². The van der Waals surface area contributed by atoms with Gasteiger partial charge in [0.1, 0.15) is 6.04 Å². The maximum Gasteiger partial charge on any atom is 0.243 e. The van der Waals surface area contributed by atoms with Crippen LogP contribution in [0.5, 0.6) is 11.5 Å². The second kappa shape index (κ2) is 10.5. The topological polar surface area (TPSA) is 84.9 Å². The monoisotopic (exact) mass is 448 g/mol. The summed E-state index contributed by atoms with van der Waals surface area (Å²) in [5.41, 5.74) is 3.23. The van der Waals surface area contributed by atoms with Crippen LogP contribution in [0.1, 0.15) is 30.0 Å². The van der Waals surface area contributed by atoms with E-state index in [9.17, 15) is 13.2 Å². The van der Waals surface area contributed by atoms with Gasteiger partial charge in [-0.1, -0.05) is 25.1 Å². The molecule has 0 radical (unpaired) electrons. The summed E-state index contributed by atoms with van der Waals surface area (Å²) >= 11 is 0. The zero-order chi connectivity index (χ0) is 23.2. The van der Waals surface area contributed by atoms with Crippen LogP contribution in [0.15, 0.2) is 36.4 Å². The molecule has 2 aromatic carbocycles. The fraction of sp³-hybridized carbons (Fsp3) is 0.435. The van der Waals surface area contributed by atoms with Crippen molar-refractivity contribution in [3.63, 3.8) is 0 Å². The number of sulfonamides is 1. The van der Waals surface area contributed by atoms with Gasteiger partial charge in [0, 0.05) is 6.54 Å². The van der Waals surface area contributed by atoms with Crippen molar-refractivity contribution in [2.24, 2.45) is 0 Å². The fourth-order valence-electron chi connectivity index (χ4n) is 3.48. The molecular weight excluding hydrogens is 416 g/mol. The molecular formula is C23H32N2O5S. The number of hydrogen-bond donors (Lipinski definition) is 1. The summed E-state index contributed by atoms with van der Waals surface area (Å²) < 4.78 is 37.1. The highest BCUT2D eigenvalue weighted by atomic mass is 32.2. The highest BCUT2D eigenvalue weighted by molar-refractivity contribution is 7.92. The maximum absolute atomic E-state index is 13.0. The molecule has 1 atom stereocenters. The minimum atomic E-state index is -3.67. The Bertz CT molecular complexity index is 1020. The number of carbonyl (C=O) groups excluding carboxylic acids is 1. The minimum Gasteiger partial charge on any atom is -0.493 e. The Balaban J connectivity index is 2.18. The predicted molar refractivity (Wildman–Crippen MR) is 124 cm³/mol. The van der Waals surface area contributed by atoms with Crippen LogP contribution < -0.4 is 19.1 Å². The van der Waals surface area contributed by atoms with Crippen LogP contribution in [0.3, 0.4) is 0 Å². The number of benzene rings is 2. The second-order valence-corrected chi connectivity index (χ2v) is 9.36. The molecule has 7 nitrogen and oxygen atoms in total. The van der Waals surface area contributed by atoms with Crippen molar-refractivity contribution < 1.29 is 22.7 Å². The smallest absolute Gasteiger partial charge is 0.243 e. The van der Waals surface area contributed by atoms with Crippen molar-refractivity contribution in [1.29, 1.82) is 0 Å². The van der Waals surface area contributed by atoms with E-state index < -0.39 is 16.1 Å². The first-order valence-corrected chi connectivity index (χ1v) is 12.0. The third-order valence-corrected chi connectivity index (χ3v) is 6.26. The average Bonchev–Trinajstić information content (AvgIpc) is 2.72. The summed E-state index contributed by atoms with van der Waals surface area (Å²) in [6.45, 7) is 5.92. The molecule has 0 heterocycles. The van der Waals surface area contributed by atoms with E-state index in [1.54, 1.807) is 20.3 Å². The quantitative estimate of drug-likeness (QED) is 0.603. The molecule has 2 rings (SSSR count). The predicted octanol–water partition coefficient (Wildman–Crippen LogP) is 3.22. The first-order valence-electron chi connectivity index (χ1n) is 10.2. The van der Waals surface area contributed by atoms with Gasteiger partial charge in [0.05, 0.1) is 26.2 Å². The van der Waals surface area contributed by atoms with Gasteiger partial charge >= 0.3 is 0 Å². The van der Waals surface area contributed by atoms with Crippen molar-refractivity contribution in [1.82, 2.24) is 5.32 Å². The van der Waals surface area contributed by atoms with E-state index in [-0.39, 0.29) is 5.91 Å². The largest absolute Gasteiger partial charge is 0.493 e. The van der Waals surface area contributed by atoms with Crippen LogP contribution in [0.4, 0.5) is 5.69 Å². The molecule has 0 bridgehead atoms. The van der Waals surface area contributed by atoms with Crippen molar-refractivity contribution in [2.75, 3.05) is 31.3 Å². The van der Waals surface area contributed by atoms with Gasteiger partial charge in [0.25, 0.3) is 0 Å². The number of amides is 1. The summed E-state index contributed by atoms with van der Waals surface area (Å²) in [7, 11) is -0.518. The number of nitrogens with zero attached hydrogens (tertiary/aromatic N) is 1. The lowest BCUT2D eigenvalue weighted by atomic mass is 10.1. The molecule has 8 heteroatoms. The minimum absolute atomic E-state index is 0.325. The fourth-order valence-corrected chi connectivity index (χ4v) is 4.74. The van der Waals surface area contributed by atoms with Crippen LogP contribution in [0.25, 0.3) is 0 Å². The Morgan fingerprint density at radius 2 is 1.74 bits per heavy atom. The van der Waals surface area contributed by atoms with Crippen molar-refractivity contribution >= 4 is 21.6 Å². The SMILES string of the molecule is CC[C@H](C(=O)NCCc1ccc(OC)c(OC)c1)N(c1cc(C)ccc1C)S(C)(=O)=O. The first-order chi connectivity index (χ1) is 14.6. The van der Waals surface area contributed by atoms with Crippen molar-refractivity contribution in [3.8, 4) is 11.5 Å². The van der Waals surface area contributed by atoms with Gasteiger partial charge in [-0.2, -0.15) is 0 Å². The van der Waals surface area contributed by atoms with Gasteiger partial charge in [-0.05, 0) is 61.6 Å². The van der Waals surface area contributed by atoms with Gasteiger partial charge in [0.2, 0.25) is 15.9 Å². The van der Waals surface area contributed by atoms with Gasteiger partial charge < -0.3 is 14.8 Å². The zero-order valence-corrected chi connectivity index (χ0v) is 19.9. The molecule has 0 saturated carbocycles. The Labute approximate surface area is 185 Å². The molecule has 0 unspecified atom stereocenters.